The van der Waals surface area contributed by atoms with Gasteiger partial charge in [-0.1, -0.05) is 49.2 Å². The van der Waals surface area contributed by atoms with Crippen molar-refractivity contribution >= 4 is 33.3 Å². The first-order valence-electron chi connectivity index (χ1n) is 6.57. The lowest BCUT2D eigenvalue weighted by Crippen LogP contribution is -1.98. The molecular formula is C16H16ClNO. The number of rotatable bonds is 3. The van der Waals surface area contributed by atoms with E-state index in [1.54, 1.807) is 0 Å². The van der Waals surface area contributed by atoms with Crippen molar-refractivity contribution in [3.63, 3.8) is 0 Å². The normalized spacial score (nSPS) is 11.5. The first kappa shape index (κ1) is 12.5. The lowest BCUT2D eigenvalue weighted by molar-refractivity contribution is 0.547. The van der Waals surface area contributed by atoms with E-state index in [0.717, 1.165) is 45.4 Å². The predicted octanol–water partition coefficient (Wildman–Crippen LogP) is 4.65. The standard InChI is InChI=1S/C16H16ClNO/c1-2-5-11-13-8-14(17)10-6-3-4-7-12(10)16(13)19-15(11)9-18/h3-4,6-8H,2,5,9,18H2,1H3. The smallest absolute Gasteiger partial charge is 0.142 e. The van der Waals surface area contributed by atoms with E-state index in [-0.39, 0.29) is 0 Å². The molecule has 2 aromatic carbocycles. The first-order chi connectivity index (χ1) is 9.26. The molecule has 0 aliphatic rings. The van der Waals surface area contributed by atoms with Crippen molar-refractivity contribution in [1.29, 1.82) is 0 Å². The van der Waals surface area contributed by atoms with Crippen molar-refractivity contribution in [2.24, 2.45) is 5.73 Å². The Kier molecular flexibility index (Phi) is 3.21. The Morgan fingerprint density at radius 3 is 2.58 bits per heavy atom. The Balaban J connectivity index is 2.44. The van der Waals surface area contributed by atoms with E-state index in [1.165, 1.54) is 5.56 Å². The van der Waals surface area contributed by atoms with Gasteiger partial charge in [0.2, 0.25) is 0 Å². The quantitative estimate of drug-likeness (QED) is 0.754. The summed E-state index contributed by atoms with van der Waals surface area (Å²) in [5, 5.41) is 3.95. The summed E-state index contributed by atoms with van der Waals surface area (Å²) < 4.78 is 5.99. The van der Waals surface area contributed by atoms with Crippen LogP contribution in [0.2, 0.25) is 5.02 Å². The number of aryl methyl sites for hydroxylation is 1. The molecule has 0 radical (unpaired) electrons. The van der Waals surface area contributed by atoms with E-state index in [9.17, 15) is 0 Å². The first-order valence-corrected chi connectivity index (χ1v) is 6.95. The van der Waals surface area contributed by atoms with E-state index in [4.69, 9.17) is 21.8 Å². The van der Waals surface area contributed by atoms with Gasteiger partial charge in [0.15, 0.2) is 0 Å². The highest BCUT2D eigenvalue weighted by atomic mass is 35.5. The van der Waals surface area contributed by atoms with Gasteiger partial charge >= 0.3 is 0 Å². The summed E-state index contributed by atoms with van der Waals surface area (Å²) in [6, 6.07) is 10.1. The maximum absolute atomic E-state index is 6.39. The molecule has 3 rings (SSSR count). The van der Waals surface area contributed by atoms with Crippen molar-refractivity contribution in [3.05, 3.63) is 46.7 Å². The molecular weight excluding hydrogens is 258 g/mol. The molecule has 0 saturated carbocycles. The van der Waals surface area contributed by atoms with E-state index >= 15 is 0 Å². The van der Waals surface area contributed by atoms with Crippen LogP contribution >= 0.6 is 11.6 Å². The lowest BCUT2D eigenvalue weighted by atomic mass is 10.0. The Morgan fingerprint density at radius 1 is 1.16 bits per heavy atom. The Bertz CT molecular complexity index is 745. The van der Waals surface area contributed by atoms with Gasteiger partial charge in [0.1, 0.15) is 11.3 Å². The monoisotopic (exact) mass is 273 g/mol. The summed E-state index contributed by atoms with van der Waals surface area (Å²) in [4.78, 5) is 0. The highest BCUT2D eigenvalue weighted by Crippen LogP contribution is 2.36. The van der Waals surface area contributed by atoms with Crippen LogP contribution in [-0.2, 0) is 13.0 Å². The fraction of sp³-hybridized carbons (Fsp3) is 0.250. The van der Waals surface area contributed by atoms with Gasteiger partial charge in [-0.3, -0.25) is 0 Å². The number of fused-ring (bicyclic) bond motifs is 3. The van der Waals surface area contributed by atoms with Gasteiger partial charge in [-0.2, -0.15) is 0 Å². The predicted molar refractivity (Wildman–Crippen MR) is 80.6 cm³/mol. The molecule has 0 bridgehead atoms. The van der Waals surface area contributed by atoms with E-state index in [2.05, 4.69) is 6.92 Å². The van der Waals surface area contributed by atoms with Crippen molar-refractivity contribution in [1.82, 2.24) is 0 Å². The molecule has 3 heteroatoms. The molecule has 2 nitrogen and oxygen atoms in total. The highest BCUT2D eigenvalue weighted by molar-refractivity contribution is 6.37. The molecule has 2 N–H and O–H groups in total. The second kappa shape index (κ2) is 4.87. The summed E-state index contributed by atoms with van der Waals surface area (Å²) in [5.74, 6) is 0.879. The van der Waals surface area contributed by atoms with Crippen LogP contribution in [0.1, 0.15) is 24.7 Å². The molecule has 1 heterocycles. The van der Waals surface area contributed by atoms with Crippen LogP contribution in [0, 0.1) is 0 Å². The third-order valence-corrected chi connectivity index (χ3v) is 3.83. The van der Waals surface area contributed by atoms with Crippen molar-refractivity contribution in [2.45, 2.75) is 26.3 Å². The zero-order chi connectivity index (χ0) is 13.4. The van der Waals surface area contributed by atoms with E-state index in [0.29, 0.717) is 6.54 Å². The minimum absolute atomic E-state index is 0.427. The summed E-state index contributed by atoms with van der Waals surface area (Å²) in [6.45, 7) is 2.58. The minimum Gasteiger partial charge on any atom is -0.459 e. The summed E-state index contributed by atoms with van der Waals surface area (Å²) in [5.41, 5.74) is 7.91. The van der Waals surface area contributed by atoms with E-state index in [1.807, 2.05) is 30.3 Å². The molecule has 0 aliphatic carbocycles. The summed E-state index contributed by atoms with van der Waals surface area (Å²) >= 11 is 6.39. The van der Waals surface area contributed by atoms with E-state index < -0.39 is 0 Å². The van der Waals surface area contributed by atoms with Crippen LogP contribution in [-0.4, -0.2) is 0 Å². The van der Waals surface area contributed by atoms with Crippen LogP contribution in [0.5, 0.6) is 0 Å². The fourth-order valence-electron chi connectivity index (χ4n) is 2.66. The lowest BCUT2D eigenvalue weighted by Gasteiger charge is -2.02. The van der Waals surface area contributed by atoms with Gasteiger partial charge < -0.3 is 10.2 Å². The van der Waals surface area contributed by atoms with Gasteiger partial charge in [-0.25, -0.2) is 0 Å². The van der Waals surface area contributed by atoms with Crippen molar-refractivity contribution < 1.29 is 4.42 Å². The number of hydrogen-bond acceptors (Lipinski definition) is 2. The Hall–Kier alpha value is -1.51. The highest BCUT2D eigenvalue weighted by Gasteiger charge is 2.16. The zero-order valence-electron chi connectivity index (χ0n) is 10.9. The maximum atomic E-state index is 6.39. The molecule has 0 aliphatic heterocycles. The second-order valence-corrected chi connectivity index (χ2v) is 5.15. The van der Waals surface area contributed by atoms with Crippen molar-refractivity contribution in [3.8, 4) is 0 Å². The molecule has 0 saturated heterocycles. The SMILES string of the molecule is CCCc1c(CN)oc2c1cc(Cl)c1ccccc12. The number of benzene rings is 2. The molecule has 0 spiro atoms. The van der Waals surface area contributed by atoms with Crippen LogP contribution < -0.4 is 5.73 Å². The molecule has 0 fully saturated rings. The van der Waals surface area contributed by atoms with Gasteiger partial charge in [0.05, 0.1) is 6.54 Å². The Labute approximate surface area is 117 Å². The number of furan rings is 1. The van der Waals surface area contributed by atoms with Gasteiger partial charge in [-0.05, 0) is 12.5 Å². The van der Waals surface area contributed by atoms with Gasteiger partial charge in [0.25, 0.3) is 0 Å². The largest absolute Gasteiger partial charge is 0.459 e. The van der Waals surface area contributed by atoms with Crippen molar-refractivity contribution in [2.75, 3.05) is 0 Å². The average molecular weight is 274 g/mol. The number of nitrogens with two attached hydrogens (primary N) is 1. The minimum atomic E-state index is 0.427. The Morgan fingerprint density at radius 2 is 1.89 bits per heavy atom. The molecule has 19 heavy (non-hydrogen) atoms. The van der Waals surface area contributed by atoms with Crippen LogP contribution in [0.4, 0.5) is 0 Å². The number of hydrogen-bond donors (Lipinski definition) is 1. The molecule has 3 aromatic rings. The van der Waals surface area contributed by atoms with Gasteiger partial charge in [-0.15, -0.1) is 0 Å². The van der Waals surface area contributed by atoms with Crippen LogP contribution in [0.15, 0.2) is 34.7 Å². The number of halogens is 1. The maximum Gasteiger partial charge on any atom is 0.142 e. The second-order valence-electron chi connectivity index (χ2n) is 4.74. The molecule has 0 amide bonds. The van der Waals surface area contributed by atoms with Crippen LogP contribution in [0.25, 0.3) is 21.7 Å². The topological polar surface area (TPSA) is 39.2 Å². The average Bonchev–Trinajstić information content (AvgIpc) is 2.78. The molecule has 98 valence electrons. The van der Waals surface area contributed by atoms with Crippen LogP contribution in [0.3, 0.4) is 0 Å². The zero-order valence-corrected chi connectivity index (χ0v) is 11.6. The fourth-order valence-corrected chi connectivity index (χ4v) is 2.94. The molecule has 0 unspecified atom stereocenters. The van der Waals surface area contributed by atoms with Gasteiger partial charge in [0, 0.05) is 26.7 Å². The summed E-state index contributed by atoms with van der Waals surface area (Å²) in [6.07, 6.45) is 2.03. The summed E-state index contributed by atoms with van der Waals surface area (Å²) in [7, 11) is 0. The third kappa shape index (κ3) is 1.92. The third-order valence-electron chi connectivity index (χ3n) is 3.52. The molecule has 1 aromatic heterocycles. The molecule has 0 atom stereocenters.